The molecule has 0 aromatic heterocycles. The molecule has 1 aromatic rings. The Hall–Kier alpha value is -1.84. The van der Waals surface area contributed by atoms with E-state index >= 15 is 0 Å². The van der Waals surface area contributed by atoms with E-state index in [9.17, 15) is 9.59 Å². The van der Waals surface area contributed by atoms with Crippen molar-refractivity contribution in [1.29, 1.82) is 0 Å². The van der Waals surface area contributed by atoms with Crippen LogP contribution in [0.2, 0.25) is 0 Å². The van der Waals surface area contributed by atoms with E-state index in [-0.39, 0.29) is 18.2 Å². The summed E-state index contributed by atoms with van der Waals surface area (Å²) in [6.45, 7) is 1.97. The number of amides is 1. The van der Waals surface area contributed by atoms with Gasteiger partial charge in [-0.15, -0.1) is 0 Å². The van der Waals surface area contributed by atoms with Crippen LogP contribution < -0.4 is 5.32 Å². The molecule has 0 radical (unpaired) electrons. The van der Waals surface area contributed by atoms with E-state index in [0.29, 0.717) is 6.42 Å². The van der Waals surface area contributed by atoms with Crippen LogP contribution in [0.4, 0.5) is 0 Å². The minimum Gasteiger partial charge on any atom is -0.481 e. The third kappa shape index (κ3) is 3.18. The maximum Gasteiger partial charge on any atom is 0.305 e. The Morgan fingerprint density at radius 3 is 2.40 bits per heavy atom. The van der Waals surface area contributed by atoms with Crippen molar-refractivity contribution in [2.75, 3.05) is 0 Å². The number of nitrogens with one attached hydrogen (secondary N) is 1. The zero-order valence-corrected chi connectivity index (χ0v) is 11.8. The molecule has 0 spiro atoms. The molecule has 4 heteroatoms. The number of carboxylic acids is 1. The molecule has 1 aliphatic carbocycles. The van der Waals surface area contributed by atoms with E-state index in [1.54, 1.807) is 0 Å². The molecule has 1 aliphatic rings. The fourth-order valence-electron chi connectivity index (χ4n) is 2.85. The Morgan fingerprint density at radius 2 is 1.95 bits per heavy atom. The molecule has 2 N–H and O–H groups in total. The minimum absolute atomic E-state index is 0.0178. The van der Waals surface area contributed by atoms with Gasteiger partial charge in [0.25, 0.3) is 0 Å². The average molecular weight is 275 g/mol. The zero-order chi connectivity index (χ0) is 14.6. The highest BCUT2D eigenvalue weighted by atomic mass is 16.4. The first-order chi connectivity index (χ1) is 9.56. The summed E-state index contributed by atoms with van der Waals surface area (Å²) in [6, 6.07) is 9.64. The first kappa shape index (κ1) is 14.6. The summed E-state index contributed by atoms with van der Waals surface area (Å²) in [5.41, 5.74) is 0.461. The zero-order valence-electron chi connectivity index (χ0n) is 11.8. The molecule has 1 atom stereocenters. The lowest BCUT2D eigenvalue weighted by Gasteiger charge is -2.42. The van der Waals surface area contributed by atoms with Gasteiger partial charge in [-0.1, -0.05) is 37.3 Å². The molecular formula is C16H21NO3. The molecule has 1 amide bonds. The van der Waals surface area contributed by atoms with Crippen LogP contribution in [-0.2, 0) is 9.59 Å². The Morgan fingerprint density at radius 1 is 1.30 bits per heavy atom. The maximum atomic E-state index is 12.5. The van der Waals surface area contributed by atoms with Gasteiger partial charge in [-0.3, -0.25) is 9.59 Å². The normalized spacial score (nSPS) is 17.9. The smallest absolute Gasteiger partial charge is 0.305 e. The third-order valence-electron chi connectivity index (χ3n) is 4.12. The number of carboxylic acid groups (broad SMARTS) is 1. The molecule has 1 fully saturated rings. The molecule has 4 nitrogen and oxygen atoms in total. The van der Waals surface area contributed by atoms with Crippen LogP contribution in [0.25, 0.3) is 0 Å². The summed E-state index contributed by atoms with van der Waals surface area (Å²) >= 11 is 0. The lowest BCUT2D eigenvalue weighted by atomic mass is 9.74. The predicted octanol–water partition coefficient (Wildman–Crippen LogP) is 2.69. The van der Waals surface area contributed by atoms with Crippen LogP contribution in [0.15, 0.2) is 30.3 Å². The standard InChI is InChI=1S/C16H21NO3/c1-2-13(12-7-4-3-5-8-12)15(20)17-16(9-6-10-16)11-14(18)19/h3-5,7-8,13H,2,6,9-11H2,1H3,(H,17,20)(H,18,19). The summed E-state index contributed by atoms with van der Waals surface area (Å²) < 4.78 is 0. The summed E-state index contributed by atoms with van der Waals surface area (Å²) in [5, 5.41) is 12.0. The second-order valence-electron chi connectivity index (χ2n) is 5.57. The van der Waals surface area contributed by atoms with Crippen LogP contribution >= 0.6 is 0 Å². The monoisotopic (exact) mass is 275 g/mol. The van der Waals surface area contributed by atoms with Crippen molar-refractivity contribution in [3.8, 4) is 0 Å². The highest BCUT2D eigenvalue weighted by Crippen LogP contribution is 2.36. The largest absolute Gasteiger partial charge is 0.481 e. The fraction of sp³-hybridized carbons (Fsp3) is 0.500. The van der Waals surface area contributed by atoms with Crippen LogP contribution in [0.1, 0.15) is 50.5 Å². The van der Waals surface area contributed by atoms with Crippen molar-refractivity contribution in [2.45, 2.75) is 50.5 Å². The van der Waals surface area contributed by atoms with Crippen molar-refractivity contribution in [3.63, 3.8) is 0 Å². The quantitative estimate of drug-likeness (QED) is 0.838. The molecule has 0 aliphatic heterocycles. The van der Waals surface area contributed by atoms with Gasteiger partial charge >= 0.3 is 5.97 Å². The van der Waals surface area contributed by atoms with Gasteiger partial charge in [-0.05, 0) is 31.2 Å². The minimum atomic E-state index is -0.849. The van der Waals surface area contributed by atoms with Gasteiger partial charge in [0.05, 0.1) is 17.9 Å². The first-order valence-corrected chi connectivity index (χ1v) is 7.15. The number of carbonyl (C=O) groups excluding carboxylic acids is 1. The lowest BCUT2D eigenvalue weighted by Crippen LogP contribution is -2.55. The van der Waals surface area contributed by atoms with Crippen LogP contribution in [0, 0.1) is 0 Å². The van der Waals surface area contributed by atoms with Crippen molar-refractivity contribution in [1.82, 2.24) is 5.32 Å². The van der Waals surface area contributed by atoms with Gasteiger partial charge in [0.2, 0.25) is 5.91 Å². The third-order valence-corrected chi connectivity index (χ3v) is 4.12. The number of rotatable bonds is 6. The Labute approximate surface area is 119 Å². The van der Waals surface area contributed by atoms with Gasteiger partial charge in [0, 0.05) is 0 Å². The average Bonchev–Trinajstić information content (AvgIpc) is 2.37. The van der Waals surface area contributed by atoms with Crippen molar-refractivity contribution >= 4 is 11.9 Å². The highest BCUT2D eigenvalue weighted by molar-refractivity contribution is 5.85. The summed E-state index contributed by atoms with van der Waals surface area (Å²) in [4.78, 5) is 23.4. The van der Waals surface area contributed by atoms with Gasteiger partial charge in [0.15, 0.2) is 0 Å². The van der Waals surface area contributed by atoms with E-state index in [1.807, 2.05) is 37.3 Å². The summed E-state index contributed by atoms with van der Waals surface area (Å²) in [5.74, 6) is -1.11. The SMILES string of the molecule is CCC(C(=O)NC1(CC(=O)O)CCC1)c1ccccc1. The van der Waals surface area contributed by atoms with E-state index < -0.39 is 11.5 Å². The molecule has 108 valence electrons. The predicted molar refractivity (Wildman–Crippen MR) is 76.5 cm³/mol. The van der Waals surface area contributed by atoms with Gasteiger partial charge in [-0.25, -0.2) is 0 Å². The number of hydrogen-bond donors (Lipinski definition) is 2. The topological polar surface area (TPSA) is 66.4 Å². The first-order valence-electron chi connectivity index (χ1n) is 7.15. The van der Waals surface area contributed by atoms with E-state index in [1.165, 1.54) is 0 Å². The number of carbonyl (C=O) groups is 2. The summed E-state index contributed by atoms with van der Waals surface area (Å²) in [6.07, 6.45) is 3.23. The van der Waals surface area contributed by atoms with Gasteiger partial charge in [0.1, 0.15) is 0 Å². The molecular weight excluding hydrogens is 254 g/mol. The number of hydrogen-bond acceptors (Lipinski definition) is 2. The second-order valence-corrected chi connectivity index (χ2v) is 5.57. The second kappa shape index (κ2) is 6.07. The molecule has 1 aromatic carbocycles. The highest BCUT2D eigenvalue weighted by Gasteiger charge is 2.41. The Balaban J connectivity index is 2.08. The van der Waals surface area contributed by atoms with Gasteiger partial charge in [-0.2, -0.15) is 0 Å². The summed E-state index contributed by atoms with van der Waals surface area (Å²) in [7, 11) is 0. The fourth-order valence-corrected chi connectivity index (χ4v) is 2.85. The molecule has 1 saturated carbocycles. The molecule has 0 saturated heterocycles. The molecule has 0 bridgehead atoms. The molecule has 1 unspecified atom stereocenters. The molecule has 20 heavy (non-hydrogen) atoms. The van der Waals surface area contributed by atoms with Crippen LogP contribution in [0.3, 0.4) is 0 Å². The van der Waals surface area contributed by atoms with E-state index in [4.69, 9.17) is 5.11 Å². The Kier molecular flexibility index (Phi) is 4.42. The van der Waals surface area contributed by atoms with E-state index in [2.05, 4.69) is 5.32 Å². The lowest BCUT2D eigenvalue weighted by molar-refractivity contribution is -0.140. The van der Waals surface area contributed by atoms with Crippen molar-refractivity contribution < 1.29 is 14.7 Å². The Bertz CT molecular complexity index is 480. The van der Waals surface area contributed by atoms with Gasteiger partial charge < -0.3 is 10.4 Å². The number of benzene rings is 1. The van der Waals surface area contributed by atoms with Crippen LogP contribution in [-0.4, -0.2) is 22.5 Å². The van der Waals surface area contributed by atoms with Crippen molar-refractivity contribution in [2.24, 2.45) is 0 Å². The molecule has 2 rings (SSSR count). The molecule has 0 heterocycles. The van der Waals surface area contributed by atoms with Crippen LogP contribution in [0.5, 0.6) is 0 Å². The van der Waals surface area contributed by atoms with Crippen molar-refractivity contribution in [3.05, 3.63) is 35.9 Å². The van der Waals surface area contributed by atoms with E-state index in [0.717, 1.165) is 24.8 Å². The maximum absolute atomic E-state index is 12.5. The number of aliphatic carboxylic acids is 1.